The largest absolute Gasteiger partial charge is 0.466 e. The maximum Gasteiger partial charge on any atom is 0.311 e. The monoisotopic (exact) mass is 482 g/mol. The van der Waals surface area contributed by atoms with E-state index in [4.69, 9.17) is 23.4 Å². The van der Waals surface area contributed by atoms with Gasteiger partial charge in [0, 0.05) is 6.61 Å². The molecule has 1 unspecified atom stereocenters. The minimum atomic E-state index is -1.71. The van der Waals surface area contributed by atoms with Gasteiger partial charge in [-0.15, -0.1) is 0 Å². The zero-order valence-corrected chi connectivity index (χ0v) is 22.7. The highest BCUT2D eigenvalue weighted by atomic mass is 28.4. The number of carbonyl (C=O) groups is 1. The van der Waals surface area contributed by atoms with Gasteiger partial charge in [0.25, 0.3) is 0 Å². The molecule has 7 heteroatoms. The molecule has 6 nitrogen and oxygen atoms in total. The van der Waals surface area contributed by atoms with Crippen LogP contribution in [0.2, 0.25) is 18.1 Å². The molecule has 33 heavy (non-hydrogen) atoms. The maximum atomic E-state index is 12.8. The van der Waals surface area contributed by atoms with Crippen LogP contribution in [0.15, 0.2) is 11.6 Å². The number of esters is 1. The second kappa shape index (κ2) is 11.8. The van der Waals surface area contributed by atoms with E-state index in [0.717, 1.165) is 45.1 Å². The van der Waals surface area contributed by atoms with E-state index in [1.807, 2.05) is 6.92 Å². The molecule has 2 aliphatic carbocycles. The molecule has 0 N–H and O–H groups in total. The molecule has 1 saturated heterocycles. The average Bonchev–Trinajstić information content (AvgIpc) is 3.27. The molecule has 0 radical (unpaired) electrons. The normalized spacial score (nSPS) is 30.2. The SMILES string of the molecule is CCOC(=O)[C@@H]1[C@@H]2CC(CCOCCO[Si](C)(C)C(C)(C)C)=C[C@@H]2C[C@H]1OC1CCCCO1. The Morgan fingerprint density at radius 2 is 1.97 bits per heavy atom. The third-order valence-electron chi connectivity index (χ3n) is 7.95. The Hall–Kier alpha value is -0.733. The molecule has 0 bridgehead atoms. The average molecular weight is 483 g/mol. The van der Waals surface area contributed by atoms with Crippen molar-refractivity contribution in [3.05, 3.63) is 11.6 Å². The Kier molecular flexibility index (Phi) is 9.61. The summed E-state index contributed by atoms with van der Waals surface area (Å²) in [5, 5.41) is 0.222. The highest BCUT2D eigenvalue weighted by Crippen LogP contribution is 2.49. The lowest BCUT2D eigenvalue weighted by Crippen LogP contribution is -2.41. The first-order chi connectivity index (χ1) is 15.6. The molecule has 0 spiro atoms. The van der Waals surface area contributed by atoms with Crippen molar-refractivity contribution in [3.63, 3.8) is 0 Å². The molecule has 2 fully saturated rings. The van der Waals surface area contributed by atoms with E-state index in [1.54, 1.807) is 0 Å². The van der Waals surface area contributed by atoms with Crippen LogP contribution in [-0.4, -0.2) is 59.7 Å². The molecule has 0 aromatic rings. The summed E-state index contributed by atoms with van der Waals surface area (Å²) in [4.78, 5) is 12.8. The van der Waals surface area contributed by atoms with Crippen molar-refractivity contribution < 1.29 is 28.2 Å². The van der Waals surface area contributed by atoms with Gasteiger partial charge in [-0.3, -0.25) is 4.79 Å². The second-order valence-corrected chi connectivity index (χ2v) is 16.1. The highest BCUT2D eigenvalue weighted by Gasteiger charge is 2.50. The summed E-state index contributed by atoms with van der Waals surface area (Å²) in [7, 11) is -1.71. The van der Waals surface area contributed by atoms with Crippen LogP contribution in [0.5, 0.6) is 0 Å². The first kappa shape index (κ1) is 26.9. The molecule has 0 aromatic carbocycles. The number of hydrogen-bond donors (Lipinski definition) is 0. The van der Waals surface area contributed by atoms with Gasteiger partial charge in [0.15, 0.2) is 14.6 Å². The minimum Gasteiger partial charge on any atom is -0.466 e. The number of hydrogen-bond acceptors (Lipinski definition) is 6. The van der Waals surface area contributed by atoms with Crippen molar-refractivity contribution in [1.82, 2.24) is 0 Å². The van der Waals surface area contributed by atoms with Gasteiger partial charge < -0.3 is 23.4 Å². The molecule has 1 saturated carbocycles. The van der Waals surface area contributed by atoms with Crippen LogP contribution >= 0.6 is 0 Å². The fourth-order valence-electron chi connectivity index (χ4n) is 5.06. The van der Waals surface area contributed by atoms with Gasteiger partial charge in [-0.25, -0.2) is 0 Å². The number of fused-ring (bicyclic) bond motifs is 1. The van der Waals surface area contributed by atoms with Crippen molar-refractivity contribution in [3.8, 4) is 0 Å². The number of rotatable bonds is 11. The van der Waals surface area contributed by atoms with E-state index in [0.29, 0.717) is 32.3 Å². The van der Waals surface area contributed by atoms with Crippen LogP contribution in [0, 0.1) is 17.8 Å². The van der Waals surface area contributed by atoms with Crippen LogP contribution in [0.1, 0.15) is 66.2 Å². The van der Waals surface area contributed by atoms with E-state index in [2.05, 4.69) is 39.9 Å². The maximum absolute atomic E-state index is 12.8. The van der Waals surface area contributed by atoms with E-state index >= 15 is 0 Å². The summed E-state index contributed by atoms with van der Waals surface area (Å²) < 4.78 is 29.6. The lowest BCUT2D eigenvalue weighted by molar-refractivity contribution is -0.201. The summed E-state index contributed by atoms with van der Waals surface area (Å²) >= 11 is 0. The molecule has 190 valence electrons. The lowest BCUT2D eigenvalue weighted by atomic mass is 9.89. The number of ether oxygens (including phenoxy) is 4. The fraction of sp³-hybridized carbons (Fsp3) is 0.885. The topological polar surface area (TPSA) is 63.2 Å². The number of carbonyl (C=O) groups excluding carboxylic acids is 1. The van der Waals surface area contributed by atoms with Gasteiger partial charge in [0.05, 0.1) is 38.4 Å². The molecule has 1 aliphatic heterocycles. The van der Waals surface area contributed by atoms with Crippen molar-refractivity contribution in [2.45, 2.75) is 96.7 Å². The Morgan fingerprint density at radius 3 is 2.64 bits per heavy atom. The summed E-state index contributed by atoms with van der Waals surface area (Å²) in [5.74, 6) is 0.340. The first-order valence-corrected chi connectivity index (χ1v) is 15.9. The molecule has 0 amide bonds. The van der Waals surface area contributed by atoms with Crippen molar-refractivity contribution in [2.24, 2.45) is 17.8 Å². The smallest absolute Gasteiger partial charge is 0.311 e. The van der Waals surface area contributed by atoms with Crippen LogP contribution < -0.4 is 0 Å². The molecular formula is C26H46O6Si. The van der Waals surface area contributed by atoms with Crippen molar-refractivity contribution in [1.29, 1.82) is 0 Å². The second-order valence-electron chi connectivity index (χ2n) is 11.3. The summed E-state index contributed by atoms with van der Waals surface area (Å²) in [6.07, 6.45) is 7.94. The molecule has 3 aliphatic rings. The van der Waals surface area contributed by atoms with Gasteiger partial charge in [-0.2, -0.15) is 0 Å². The predicted molar refractivity (Wildman–Crippen MR) is 131 cm³/mol. The lowest BCUT2D eigenvalue weighted by Gasteiger charge is -2.36. The Balaban J connectivity index is 1.45. The van der Waals surface area contributed by atoms with Gasteiger partial charge >= 0.3 is 5.97 Å². The molecular weight excluding hydrogens is 436 g/mol. The standard InChI is InChI=1S/C26H46O6Si/c1-7-29-25(27)24-21-17-19(11-13-28-14-15-31-33(5,6)26(2,3)4)16-20(21)18-22(24)32-23-10-8-9-12-30-23/h16,20-24H,7-15,17-18H2,1-6H3/t20-,21-,22-,23?,24-/m1/s1. The van der Waals surface area contributed by atoms with Gasteiger partial charge in [0.1, 0.15) is 0 Å². The van der Waals surface area contributed by atoms with Crippen LogP contribution in [0.3, 0.4) is 0 Å². The number of allylic oxidation sites excluding steroid dienone is 1. The van der Waals surface area contributed by atoms with E-state index in [-0.39, 0.29) is 35.2 Å². The fourth-order valence-corrected chi connectivity index (χ4v) is 6.08. The van der Waals surface area contributed by atoms with Crippen LogP contribution in [0.4, 0.5) is 0 Å². The Bertz CT molecular complexity index is 664. The van der Waals surface area contributed by atoms with Gasteiger partial charge in [-0.1, -0.05) is 32.4 Å². The summed E-state index contributed by atoms with van der Waals surface area (Å²) in [5.41, 5.74) is 1.40. The minimum absolute atomic E-state index is 0.108. The van der Waals surface area contributed by atoms with Crippen LogP contribution in [-0.2, 0) is 28.2 Å². The van der Waals surface area contributed by atoms with Crippen molar-refractivity contribution in [2.75, 3.05) is 33.0 Å². The molecule has 0 aromatic heterocycles. The molecule has 3 rings (SSSR count). The Labute approximate surface area is 201 Å². The zero-order chi connectivity index (χ0) is 24.1. The van der Waals surface area contributed by atoms with E-state index < -0.39 is 8.32 Å². The van der Waals surface area contributed by atoms with E-state index in [1.165, 1.54) is 5.57 Å². The summed E-state index contributed by atoms with van der Waals surface area (Å²) in [6.45, 7) is 16.3. The molecule has 5 atom stereocenters. The van der Waals surface area contributed by atoms with Gasteiger partial charge in [0.2, 0.25) is 0 Å². The van der Waals surface area contributed by atoms with Crippen molar-refractivity contribution >= 4 is 14.3 Å². The Morgan fingerprint density at radius 1 is 1.18 bits per heavy atom. The van der Waals surface area contributed by atoms with Crippen LogP contribution in [0.25, 0.3) is 0 Å². The van der Waals surface area contributed by atoms with E-state index in [9.17, 15) is 4.79 Å². The van der Waals surface area contributed by atoms with Gasteiger partial charge in [-0.05, 0) is 75.4 Å². The first-order valence-electron chi connectivity index (χ1n) is 13.0. The molecule has 1 heterocycles. The predicted octanol–water partition coefficient (Wildman–Crippen LogP) is 5.47. The zero-order valence-electron chi connectivity index (χ0n) is 21.7. The quantitative estimate of drug-likeness (QED) is 0.168. The third kappa shape index (κ3) is 7.13. The third-order valence-corrected chi connectivity index (χ3v) is 12.5. The summed E-state index contributed by atoms with van der Waals surface area (Å²) in [6, 6.07) is 0. The highest BCUT2D eigenvalue weighted by molar-refractivity contribution is 6.74.